The first kappa shape index (κ1) is 9.59. The molecule has 0 amide bonds. The van der Waals surface area contributed by atoms with Crippen LogP contribution in [0.2, 0.25) is 0 Å². The Kier molecular flexibility index (Phi) is 2.77. The number of rotatable bonds is 2. The van der Waals surface area contributed by atoms with Gasteiger partial charge in [0.1, 0.15) is 0 Å². The third-order valence-electron chi connectivity index (χ3n) is 2.32. The Morgan fingerprint density at radius 3 is 2.57 bits per heavy atom. The summed E-state index contributed by atoms with van der Waals surface area (Å²) in [7, 11) is 0. The maximum atomic E-state index is 10.9. The van der Waals surface area contributed by atoms with E-state index in [0.717, 1.165) is 0 Å². The second-order valence-corrected chi connectivity index (χ2v) is 10.7. The van der Waals surface area contributed by atoms with Crippen molar-refractivity contribution in [3.8, 4) is 0 Å². The summed E-state index contributed by atoms with van der Waals surface area (Å²) in [5.74, 6) is -0.750. The zero-order valence-corrected chi connectivity index (χ0v) is 10.8. The zero-order valence-electron chi connectivity index (χ0n) is 7.55. The fraction of sp³-hybridized carbons (Fsp3) is 0. The Bertz CT molecular complexity index is 407. The second-order valence-electron chi connectivity index (χ2n) is 3.20. The summed E-state index contributed by atoms with van der Waals surface area (Å²) >= 11 is -2.27. The molecule has 0 saturated heterocycles. The van der Waals surface area contributed by atoms with Gasteiger partial charge in [-0.05, 0) is 0 Å². The molecule has 0 atom stereocenters. The fourth-order valence-corrected chi connectivity index (χ4v) is 8.32. The van der Waals surface area contributed by atoms with E-state index in [9.17, 15) is 4.79 Å². The average molecular weight is 288 g/mol. The van der Waals surface area contributed by atoms with Crippen LogP contribution in [0.4, 0.5) is 0 Å². The molecule has 2 nitrogen and oxygen atoms in total. The Labute approximate surface area is 90.1 Å². The summed E-state index contributed by atoms with van der Waals surface area (Å²) in [6.07, 6.45) is 3.63. The average Bonchev–Trinajstić information content (AvgIpc) is 2.67. The molecule has 0 radical (unpaired) electrons. The van der Waals surface area contributed by atoms with E-state index in [0.29, 0.717) is 3.33 Å². The molecular weight excluding hydrogens is 279 g/mol. The molecular formula is C11H9InO2. The van der Waals surface area contributed by atoms with Gasteiger partial charge in [0.05, 0.1) is 0 Å². The number of hydrogen-bond acceptors (Lipinski definition) is 1. The van der Waals surface area contributed by atoms with Gasteiger partial charge in [0.2, 0.25) is 0 Å². The molecule has 2 rings (SSSR count). The number of benzene rings is 1. The van der Waals surface area contributed by atoms with Crippen LogP contribution in [-0.4, -0.2) is 32.5 Å². The number of aliphatic carboxylic acids is 1. The monoisotopic (exact) mass is 288 g/mol. The Morgan fingerprint density at radius 2 is 1.93 bits per heavy atom. The van der Waals surface area contributed by atoms with Crippen molar-refractivity contribution in [3.05, 3.63) is 49.6 Å². The van der Waals surface area contributed by atoms with Crippen LogP contribution < -0.4 is 3.32 Å². The molecule has 0 unspecified atom stereocenters. The van der Waals surface area contributed by atoms with Gasteiger partial charge >= 0.3 is 90.3 Å². The molecule has 3 heteroatoms. The quantitative estimate of drug-likeness (QED) is 0.883. The third-order valence-corrected chi connectivity index (χ3v) is 10.4. The zero-order chi connectivity index (χ0) is 9.97. The van der Waals surface area contributed by atoms with E-state index in [1.165, 1.54) is 3.32 Å². The molecule has 0 fully saturated rings. The molecule has 0 aliphatic carbocycles. The molecule has 1 aliphatic rings. The van der Waals surface area contributed by atoms with Crippen molar-refractivity contribution in [2.45, 2.75) is 0 Å². The Morgan fingerprint density at radius 1 is 1.21 bits per heavy atom. The molecule has 14 heavy (non-hydrogen) atoms. The van der Waals surface area contributed by atoms with Crippen LogP contribution in [0, 0.1) is 0 Å². The Balaban J connectivity index is 2.33. The summed E-state index contributed by atoms with van der Waals surface area (Å²) in [6, 6.07) is 9.97. The van der Waals surface area contributed by atoms with Crippen molar-refractivity contribution in [1.29, 1.82) is 0 Å². The van der Waals surface area contributed by atoms with E-state index >= 15 is 0 Å². The van der Waals surface area contributed by atoms with Gasteiger partial charge in [0, 0.05) is 0 Å². The Hall–Kier alpha value is -0.960. The first-order valence-corrected chi connectivity index (χ1v) is 9.65. The van der Waals surface area contributed by atoms with Gasteiger partial charge in [0.15, 0.2) is 0 Å². The summed E-state index contributed by atoms with van der Waals surface area (Å²) in [5, 5.41) is 8.99. The van der Waals surface area contributed by atoms with Crippen LogP contribution in [0.3, 0.4) is 0 Å². The van der Waals surface area contributed by atoms with Crippen LogP contribution in [-0.2, 0) is 4.79 Å². The molecule has 68 valence electrons. The van der Waals surface area contributed by atoms with Crippen LogP contribution in [0.1, 0.15) is 0 Å². The molecule has 1 aromatic rings. The van der Waals surface area contributed by atoms with Crippen LogP contribution >= 0.6 is 0 Å². The minimum atomic E-state index is -2.27. The standard InChI is InChI=1S/C6H5.C5H4O2.In/c1-2-4-6-5-3-1;1-2-3-4-5(6)7;/h1-5H;1-3H,(H,6,7);. The van der Waals surface area contributed by atoms with Gasteiger partial charge in [-0.25, -0.2) is 0 Å². The molecule has 1 heterocycles. The summed E-state index contributed by atoms with van der Waals surface area (Å²) in [6.45, 7) is 0. The summed E-state index contributed by atoms with van der Waals surface area (Å²) in [4.78, 5) is 10.9. The van der Waals surface area contributed by atoms with Crippen LogP contribution in [0.5, 0.6) is 0 Å². The third kappa shape index (κ3) is 1.77. The van der Waals surface area contributed by atoms with E-state index in [1.54, 1.807) is 6.08 Å². The molecule has 0 aromatic heterocycles. The van der Waals surface area contributed by atoms with Crippen molar-refractivity contribution in [3.63, 3.8) is 0 Å². The van der Waals surface area contributed by atoms with Gasteiger partial charge in [-0.2, -0.15) is 0 Å². The normalized spacial score (nSPS) is 14.3. The van der Waals surface area contributed by atoms with Gasteiger partial charge < -0.3 is 0 Å². The maximum absolute atomic E-state index is 10.9. The topological polar surface area (TPSA) is 37.3 Å². The SMILES string of the molecule is O=C(O)[C]1=CC=[CH][In]1[c]1ccccc1. The number of allylic oxidation sites excluding steroid dienone is 2. The minimum absolute atomic E-state index is 0.651. The van der Waals surface area contributed by atoms with E-state index in [1.807, 2.05) is 36.4 Å². The van der Waals surface area contributed by atoms with Gasteiger partial charge in [-0.15, -0.1) is 0 Å². The molecule has 1 aromatic carbocycles. The van der Waals surface area contributed by atoms with E-state index in [2.05, 4.69) is 3.83 Å². The predicted octanol–water partition coefficient (Wildman–Crippen LogP) is 1.05. The molecule has 0 spiro atoms. The first-order chi connectivity index (χ1) is 6.79. The fourth-order valence-electron chi connectivity index (χ4n) is 1.63. The van der Waals surface area contributed by atoms with Gasteiger partial charge in [-0.1, -0.05) is 0 Å². The molecule has 0 bridgehead atoms. The van der Waals surface area contributed by atoms with Crippen molar-refractivity contribution in [2.24, 2.45) is 0 Å². The van der Waals surface area contributed by atoms with Crippen molar-refractivity contribution >= 4 is 30.7 Å². The van der Waals surface area contributed by atoms with Crippen molar-refractivity contribution in [2.75, 3.05) is 0 Å². The number of carboxylic acid groups (broad SMARTS) is 1. The first-order valence-electron chi connectivity index (χ1n) is 4.45. The molecule has 1 N–H and O–H groups in total. The van der Waals surface area contributed by atoms with Crippen molar-refractivity contribution < 1.29 is 9.90 Å². The van der Waals surface area contributed by atoms with E-state index in [-0.39, 0.29) is 0 Å². The van der Waals surface area contributed by atoms with E-state index < -0.39 is 27.4 Å². The number of carbonyl (C=O) groups is 1. The van der Waals surface area contributed by atoms with E-state index in [4.69, 9.17) is 5.11 Å². The summed E-state index contributed by atoms with van der Waals surface area (Å²) < 4.78 is 4.00. The summed E-state index contributed by atoms with van der Waals surface area (Å²) in [5.41, 5.74) is 0. The molecule has 1 aliphatic heterocycles. The second kappa shape index (κ2) is 4.05. The van der Waals surface area contributed by atoms with Crippen molar-refractivity contribution in [1.82, 2.24) is 0 Å². The van der Waals surface area contributed by atoms with Gasteiger partial charge in [-0.3, -0.25) is 0 Å². The molecule has 0 saturated carbocycles. The number of hydrogen-bond donors (Lipinski definition) is 1. The van der Waals surface area contributed by atoms with Crippen LogP contribution in [0.25, 0.3) is 0 Å². The predicted molar refractivity (Wildman–Crippen MR) is 56.7 cm³/mol. The number of carboxylic acids is 1. The van der Waals surface area contributed by atoms with Crippen LogP contribution in [0.15, 0.2) is 49.6 Å². The van der Waals surface area contributed by atoms with Gasteiger partial charge in [0.25, 0.3) is 0 Å².